The molecule has 8 heteroatoms. The van der Waals surface area contributed by atoms with Crippen molar-refractivity contribution in [3.63, 3.8) is 0 Å². The van der Waals surface area contributed by atoms with Gasteiger partial charge in [0.25, 0.3) is 0 Å². The second-order valence-electron chi connectivity index (χ2n) is 7.73. The highest BCUT2D eigenvalue weighted by molar-refractivity contribution is 5.85. The summed E-state index contributed by atoms with van der Waals surface area (Å²) < 4.78 is 0. The van der Waals surface area contributed by atoms with Crippen LogP contribution in [0.2, 0.25) is 0 Å². The minimum atomic E-state index is 0.197. The number of aromatic hydroxyl groups is 1. The number of para-hydroxylation sites is 1. The molecule has 0 aliphatic carbocycles. The number of nitrogens with zero attached hydrogens (tertiary/aromatic N) is 5. The van der Waals surface area contributed by atoms with Crippen LogP contribution < -0.4 is 16.0 Å². The van der Waals surface area contributed by atoms with Crippen molar-refractivity contribution in [2.75, 3.05) is 43.4 Å². The Morgan fingerprint density at radius 3 is 2.64 bits per heavy atom. The molecule has 0 radical (unpaired) electrons. The maximum atomic E-state index is 10.2. The van der Waals surface area contributed by atoms with Crippen LogP contribution >= 0.6 is 0 Å². The third-order valence-corrected chi connectivity index (χ3v) is 6.03. The van der Waals surface area contributed by atoms with Crippen molar-refractivity contribution in [1.29, 1.82) is 0 Å². The Morgan fingerprint density at radius 1 is 1.14 bits per heavy atom. The zero-order valence-corrected chi connectivity index (χ0v) is 15.8. The quantitative estimate of drug-likeness (QED) is 0.731. The van der Waals surface area contributed by atoms with E-state index >= 15 is 0 Å². The number of aliphatic imine (C=N–C) groups is 1. The van der Waals surface area contributed by atoms with Crippen LogP contribution in [0.1, 0.15) is 12.8 Å². The van der Waals surface area contributed by atoms with Gasteiger partial charge in [-0.25, -0.2) is 0 Å². The molecular formula is C20H25N7O. The van der Waals surface area contributed by atoms with Crippen molar-refractivity contribution in [3.05, 3.63) is 30.3 Å². The number of amidine groups is 1. The third-order valence-electron chi connectivity index (χ3n) is 6.03. The predicted molar refractivity (Wildman–Crippen MR) is 110 cm³/mol. The zero-order valence-electron chi connectivity index (χ0n) is 15.8. The summed E-state index contributed by atoms with van der Waals surface area (Å²) >= 11 is 0. The van der Waals surface area contributed by atoms with E-state index in [4.69, 9.17) is 5.73 Å². The summed E-state index contributed by atoms with van der Waals surface area (Å²) in [6.45, 7) is 4.59. The van der Waals surface area contributed by atoms with Crippen LogP contribution in [-0.4, -0.2) is 70.8 Å². The van der Waals surface area contributed by atoms with Crippen molar-refractivity contribution >= 4 is 17.3 Å². The van der Waals surface area contributed by atoms with Crippen LogP contribution in [0, 0.1) is 0 Å². The number of rotatable bonds is 4. The lowest BCUT2D eigenvalue weighted by molar-refractivity contribution is 0.194. The third kappa shape index (κ3) is 3.03. The van der Waals surface area contributed by atoms with Crippen molar-refractivity contribution in [2.24, 2.45) is 4.99 Å². The number of nitrogens with one attached hydrogen (secondary N) is 1. The Bertz CT molecular complexity index is 901. The van der Waals surface area contributed by atoms with Gasteiger partial charge in [-0.1, -0.05) is 12.1 Å². The number of hydrogen-bond acceptors (Lipinski definition) is 8. The largest absolute Gasteiger partial charge is 0.507 e. The Hall–Kier alpha value is -2.87. The van der Waals surface area contributed by atoms with Crippen LogP contribution in [-0.2, 0) is 0 Å². The van der Waals surface area contributed by atoms with Gasteiger partial charge in [0.15, 0.2) is 5.82 Å². The average molecular weight is 379 g/mol. The molecule has 2 fully saturated rings. The van der Waals surface area contributed by atoms with Crippen molar-refractivity contribution in [1.82, 2.24) is 20.4 Å². The Kier molecular flexibility index (Phi) is 4.27. The molecule has 2 atom stereocenters. The number of hydrogen-bond donors (Lipinski definition) is 3. The lowest BCUT2D eigenvalue weighted by Crippen LogP contribution is -2.56. The van der Waals surface area contributed by atoms with E-state index in [2.05, 4.69) is 30.3 Å². The molecule has 2 unspecified atom stereocenters. The van der Waals surface area contributed by atoms with Crippen molar-refractivity contribution in [3.8, 4) is 17.0 Å². The van der Waals surface area contributed by atoms with Gasteiger partial charge in [-0.05, 0) is 31.0 Å². The maximum absolute atomic E-state index is 10.2. The van der Waals surface area contributed by atoms with Crippen LogP contribution in [0.5, 0.6) is 5.75 Å². The van der Waals surface area contributed by atoms with E-state index < -0.39 is 0 Å². The highest BCUT2D eigenvalue weighted by Gasteiger charge is 2.41. The lowest BCUT2D eigenvalue weighted by Gasteiger charge is -2.42. The summed E-state index contributed by atoms with van der Waals surface area (Å²) in [6.07, 6.45) is 2.39. The van der Waals surface area contributed by atoms with Gasteiger partial charge >= 0.3 is 0 Å². The number of aromatic nitrogens is 2. The molecule has 3 aliphatic heterocycles. The minimum Gasteiger partial charge on any atom is -0.507 e. The number of anilines is 2. The first-order valence-corrected chi connectivity index (χ1v) is 9.88. The maximum Gasteiger partial charge on any atom is 0.169 e. The molecule has 0 amide bonds. The first kappa shape index (κ1) is 17.2. The van der Waals surface area contributed by atoms with Crippen LogP contribution in [0.15, 0.2) is 35.3 Å². The fourth-order valence-electron chi connectivity index (χ4n) is 4.64. The lowest BCUT2D eigenvalue weighted by atomic mass is 10.1. The highest BCUT2D eigenvalue weighted by Crippen LogP contribution is 2.36. The van der Waals surface area contributed by atoms with E-state index in [9.17, 15) is 5.11 Å². The highest BCUT2D eigenvalue weighted by atomic mass is 16.3. The van der Waals surface area contributed by atoms with E-state index in [1.54, 1.807) is 12.1 Å². The standard InChI is InChI=1S/C20H25N7O/c21-20-17(9-16(24-25-20)15-3-1-2-4-18(15)28)26-10-13-5-6-14(11-26)27(13)12-19-22-7-8-23-19/h1-4,9,13-14,28H,5-8,10-12H2,(H2,21,25)(H,22,23). The van der Waals surface area contributed by atoms with Crippen LogP contribution in [0.4, 0.5) is 11.5 Å². The van der Waals surface area contributed by atoms with Gasteiger partial charge in [-0.15, -0.1) is 10.2 Å². The molecule has 0 saturated carbocycles. The topological polar surface area (TPSA) is 103 Å². The molecule has 1 aromatic heterocycles. The number of fused-ring (bicyclic) bond motifs is 2. The van der Waals surface area contributed by atoms with E-state index in [0.717, 1.165) is 44.2 Å². The average Bonchev–Trinajstić information content (AvgIpc) is 3.28. The van der Waals surface area contributed by atoms with E-state index in [0.29, 0.717) is 29.2 Å². The Balaban J connectivity index is 1.39. The van der Waals surface area contributed by atoms with Gasteiger partial charge in [0.2, 0.25) is 0 Å². The van der Waals surface area contributed by atoms with Gasteiger partial charge < -0.3 is 21.1 Å². The van der Waals surface area contributed by atoms with Crippen molar-refractivity contribution < 1.29 is 5.11 Å². The second-order valence-corrected chi connectivity index (χ2v) is 7.73. The molecule has 5 rings (SSSR count). The number of benzene rings is 1. The molecule has 2 bridgehead atoms. The number of piperazine rings is 1. The summed E-state index contributed by atoms with van der Waals surface area (Å²) in [7, 11) is 0. The summed E-state index contributed by atoms with van der Waals surface area (Å²) in [5.41, 5.74) is 8.41. The predicted octanol–water partition coefficient (Wildman–Crippen LogP) is 1.09. The SMILES string of the molecule is Nc1nnc(-c2ccccc2O)cc1N1CC2CCC(C1)N2CC1=NCCN1. The number of phenolic OH excluding ortho intramolecular Hbond substituents is 1. The normalized spacial score (nSPS) is 24.3. The first-order chi connectivity index (χ1) is 13.7. The fraction of sp³-hybridized carbons (Fsp3) is 0.450. The number of phenols is 1. The molecule has 3 aliphatic rings. The summed E-state index contributed by atoms with van der Waals surface area (Å²) in [5, 5.41) is 21.9. The van der Waals surface area contributed by atoms with Gasteiger partial charge in [-0.2, -0.15) is 0 Å². The van der Waals surface area contributed by atoms with Gasteiger partial charge in [0.05, 0.1) is 24.5 Å². The summed E-state index contributed by atoms with van der Waals surface area (Å²) in [4.78, 5) is 9.47. The monoisotopic (exact) mass is 379 g/mol. The fourth-order valence-corrected chi connectivity index (χ4v) is 4.64. The molecule has 28 heavy (non-hydrogen) atoms. The number of nitrogen functional groups attached to an aromatic ring is 1. The minimum absolute atomic E-state index is 0.197. The molecule has 8 nitrogen and oxygen atoms in total. The summed E-state index contributed by atoms with van der Waals surface area (Å²) in [6, 6.07) is 10.1. The summed E-state index contributed by atoms with van der Waals surface area (Å²) in [5.74, 6) is 1.76. The van der Waals surface area contributed by atoms with Crippen molar-refractivity contribution in [2.45, 2.75) is 24.9 Å². The van der Waals surface area contributed by atoms with Gasteiger partial charge in [0, 0.05) is 37.3 Å². The van der Waals surface area contributed by atoms with Crippen LogP contribution in [0.3, 0.4) is 0 Å². The molecular weight excluding hydrogens is 354 g/mol. The molecule has 146 valence electrons. The van der Waals surface area contributed by atoms with Crippen LogP contribution in [0.25, 0.3) is 11.3 Å². The van der Waals surface area contributed by atoms with E-state index in [-0.39, 0.29) is 5.75 Å². The van der Waals surface area contributed by atoms with E-state index in [1.165, 1.54) is 12.8 Å². The smallest absolute Gasteiger partial charge is 0.169 e. The molecule has 0 spiro atoms. The Morgan fingerprint density at radius 2 is 1.93 bits per heavy atom. The zero-order chi connectivity index (χ0) is 19.1. The molecule has 2 saturated heterocycles. The molecule has 1 aromatic carbocycles. The van der Waals surface area contributed by atoms with Gasteiger partial charge in [0.1, 0.15) is 11.6 Å². The Labute approximate surface area is 164 Å². The molecule has 4 N–H and O–H groups in total. The van der Waals surface area contributed by atoms with Gasteiger partial charge in [-0.3, -0.25) is 9.89 Å². The second kappa shape index (κ2) is 6.94. The number of nitrogens with two attached hydrogens (primary N) is 1. The molecule has 4 heterocycles. The van der Waals surface area contributed by atoms with E-state index in [1.807, 2.05) is 18.2 Å². The first-order valence-electron chi connectivity index (χ1n) is 9.88. The molecule has 2 aromatic rings.